The number of benzene rings is 1. The van der Waals surface area contributed by atoms with Crippen LogP contribution in [-0.4, -0.2) is 64.6 Å². The topological polar surface area (TPSA) is 125 Å². The highest BCUT2D eigenvalue weighted by atomic mass is 32.2. The zero-order valence-electron chi connectivity index (χ0n) is 23.2. The van der Waals surface area contributed by atoms with Crippen LogP contribution in [0.5, 0.6) is 0 Å². The van der Waals surface area contributed by atoms with Crippen molar-refractivity contribution in [2.75, 3.05) is 18.1 Å². The highest BCUT2D eigenvalue weighted by Crippen LogP contribution is 2.23. The summed E-state index contributed by atoms with van der Waals surface area (Å²) in [4.78, 5) is 63.5. The molecule has 38 heavy (non-hydrogen) atoms. The zero-order valence-corrected chi connectivity index (χ0v) is 24.0. The van der Waals surface area contributed by atoms with E-state index >= 15 is 0 Å². The van der Waals surface area contributed by atoms with E-state index < -0.39 is 29.1 Å². The van der Waals surface area contributed by atoms with E-state index in [-0.39, 0.29) is 43.0 Å². The Labute approximate surface area is 230 Å². The summed E-state index contributed by atoms with van der Waals surface area (Å²) in [5.41, 5.74) is 1.87. The van der Waals surface area contributed by atoms with Crippen LogP contribution >= 0.6 is 11.8 Å². The summed E-state index contributed by atoms with van der Waals surface area (Å²) in [7, 11) is 0. The van der Waals surface area contributed by atoms with E-state index in [9.17, 15) is 24.0 Å². The summed E-state index contributed by atoms with van der Waals surface area (Å²) in [6.45, 7) is 7.32. The molecular weight excluding hydrogens is 504 g/mol. The van der Waals surface area contributed by atoms with Gasteiger partial charge < -0.3 is 16.0 Å². The van der Waals surface area contributed by atoms with E-state index in [2.05, 4.69) is 22.9 Å². The fourth-order valence-electron chi connectivity index (χ4n) is 4.20. The van der Waals surface area contributed by atoms with Gasteiger partial charge >= 0.3 is 0 Å². The van der Waals surface area contributed by atoms with Crippen molar-refractivity contribution in [3.05, 3.63) is 29.8 Å². The Morgan fingerprint density at radius 3 is 2.26 bits per heavy atom. The molecule has 0 bridgehead atoms. The van der Waals surface area contributed by atoms with Gasteiger partial charge in [0.2, 0.25) is 29.5 Å². The average Bonchev–Trinajstić information content (AvgIpc) is 3.16. The number of thioether (sulfide) groups is 1. The number of nitrogens with zero attached hydrogens (tertiary/aromatic N) is 1. The van der Waals surface area contributed by atoms with Crippen LogP contribution in [0.25, 0.3) is 0 Å². The lowest BCUT2D eigenvalue weighted by molar-refractivity contribution is -0.139. The van der Waals surface area contributed by atoms with Crippen LogP contribution in [0.2, 0.25) is 0 Å². The molecule has 1 aromatic carbocycles. The summed E-state index contributed by atoms with van der Waals surface area (Å²) in [6.07, 6.45) is 7.60. The van der Waals surface area contributed by atoms with E-state index in [0.717, 1.165) is 17.7 Å². The predicted octanol–water partition coefficient (Wildman–Crippen LogP) is 3.27. The number of amides is 5. The molecule has 0 spiro atoms. The molecule has 2 rings (SSSR count). The Hall–Kier alpha value is -2.88. The number of hydrogen-bond donors (Lipinski definition) is 3. The quantitative estimate of drug-likeness (QED) is 0.229. The van der Waals surface area contributed by atoms with Crippen molar-refractivity contribution >= 4 is 47.0 Å². The van der Waals surface area contributed by atoms with E-state index in [1.807, 2.05) is 24.3 Å². The number of imide groups is 1. The fourth-order valence-corrected chi connectivity index (χ4v) is 4.83. The van der Waals surface area contributed by atoms with Gasteiger partial charge in [-0.2, -0.15) is 11.8 Å². The van der Waals surface area contributed by atoms with E-state index in [4.69, 9.17) is 0 Å². The molecule has 1 saturated heterocycles. The molecule has 1 aliphatic rings. The van der Waals surface area contributed by atoms with Crippen molar-refractivity contribution in [1.82, 2.24) is 15.5 Å². The normalized spacial score (nSPS) is 16.9. The third kappa shape index (κ3) is 9.45. The molecule has 1 aromatic rings. The summed E-state index contributed by atoms with van der Waals surface area (Å²) in [5, 5.41) is 7.77. The Morgan fingerprint density at radius 1 is 1.00 bits per heavy atom. The third-order valence-corrected chi connectivity index (χ3v) is 7.55. The number of carbonyl (C=O) groups is 5. The third-order valence-electron chi connectivity index (χ3n) is 6.61. The van der Waals surface area contributed by atoms with Gasteiger partial charge in [-0.25, -0.2) is 0 Å². The number of rotatable bonds is 15. The molecule has 1 heterocycles. The molecule has 0 aromatic heterocycles. The molecule has 5 amide bonds. The van der Waals surface area contributed by atoms with Crippen LogP contribution in [0.1, 0.15) is 71.8 Å². The lowest BCUT2D eigenvalue weighted by Crippen LogP contribution is -2.54. The number of unbranched alkanes of at least 4 members (excludes halogenated alkanes) is 3. The maximum atomic E-state index is 12.9. The van der Waals surface area contributed by atoms with Gasteiger partial charge in [0.15, 0.2) is 0 Å². The number of carbonyl (C=O) groups excluding carboxylic acids is 5. The Bertz CT molecular complexity index is 982. The van der Waals surface area contributed by atoms with Crippen molar-refractivity contribution in [2.45, 2.75) is 90.0 Å². The maximum Gasteiger partial charge on any atom is 0.246 e. The van der Waals surface area contributed by atoms with E-state index in [0.29, 0.717) is 5.69 Å². The number of likely N-dealkylation sites (tertiary alicyclic amines) is 1. The van der Waals surface area contributed by atoms with Crippen molar-refractivity contribution in [1.29, 1.82) is 0 Å². The lowest BCUT2D eigenvalue weighted by Gasteiger charge is -2.24. The van der Waals surface area contributed by atoms with Crippen molar-refractivity contribution in [3.8, 4) is 0 Å². The average molecular weight is 547 g/mol. The van der Waals surface area contributed by atoms with E-state index in [1.165, 1.54) is 36.6 Å². The molecule has 0 saturated carbocycles. The molecule has 3 atom stereocenters. The van der Waals surface area contributed by atoms with E-state index in [1.54, 1.807) is 27.0 Å². The monoisotopic (exact) mass is 546 g/mol. The molecule has 1 fully saturated rings. The second kappa shape index (κ2) is 15.5. The first-order chi connectivity index (χ1) is 18.1. The highest BCUT2D eigenvalue weighted by Gasteiger charge is 2.38. The van der Waals surface area contributed by atoms with Crippen LogP contribution in [0, 0.1) is 5.92 Å². The van der Waals surface area contributed by atoms with Crippen LogP contribution < -0.4 is 16.0 Å². The van der Waals surface area contributed by atoms with Gasteiger partial charge in [-0.05, 0) is 49.6 Å². The Kier molecular flexibility index (Phi) is 12.8. The van der Waals surface area contributed by atoms with Crippen molar-refractivity contribution in [3.63, 3.8) is 0 Å². The molecule has 3 N–H and O–H groups in total. The Balaban J connectivity index is 1.84. The number of anilines is 1. The van der Waals surface area contributed by atoms with Crippen LogP contribution in [-0.2, 0) is 30.4 Å². The smallest absolute Gasteiger partial charge is 0.246 e. The predicted molar refractivity (Wildman–Crippen MR) is 151 cm³/mol. The van der Waals surface area contributed by atoms with Crippen molar-refractivity contribution in [2.24, 2.45) is 5.92 Å². The Morgan fingerprint density at radius 2 is 1.68 bits per heavy atom. The molecule has 10 heteroatoms. The van der Waals surface area contributed by atoms with Gasteiger partial charge in [0, 0.05) is 25.1 Å². The number of nitrogens with one attached hydrogen (secondary N) is 3. The second-order valence-electron chi connectivity index (χ2n) is 10.1. The first-order valence-electron chi connectivity index (χ1n) is 13.4. The fraction of sp³-hybridized carbons (Fsp3) is 0.607. The summed E-state index contributed by atoms with van der Waals surface area (Å²) in [5.74, 6) is -2.10. The van der Waals surface area contributed by atoms with Crippen LogP contribution in [0.3, 0.4) is 0 Å². The molecule has 0 radical (unpaired) electrons. The molecule has 9 nitrogen and oxygen atoms in total. The second-order valence-corrected chi connectivity index (χ2v) is 11.1. The van der Waals surface area contributed by atoms with Gasteiger partial charge in [0.05, 0.1) is 5.25 Å². The molecule has 210 valence electrons. The van der Waals surface area contributed by atoms with Crippen LogP contribution in [0.15, 0.2) is 24.3 Å². The summed E-state index contributed by atoms with van der Waals surface area (Å²) < 4.78 is 0. The lowest BCUT2D eigenvalue weighted by atomic mass is 10.0. The highest BCUT2D eigenvalue weighted by molar-refractivity contribution is 8.00. The van der Waals surface area contributed by atoms with Gasteiger partial charge in [-0.15, -0.1) is 0 Å². The minimum absolute atomic E-state index is 0.0245. The largest absolute Gasteiger partial charge is 0.344 e. The van der Waals surface area contributed by atoms with Crippen molar-refractivity contribution < 1.29 is 24.0 Å². The molecular formula is C28H42N4O5S. The van der Waals surface area contributed by atoms with Gasteiger partial charge in [0.25, 0.3) is 0 Å². The van der Waals surface area contributed by atoms with Gasteiger partial charge in [-0.1, -0.05) is 52.2 Å². The number of hydrogen-bond acceptors (Lipinski definition) is 6. The minimum Gasteiger partial charge on any atom is -0.344 e. The SMILES string of the molecule is CCCCCCc1ccc(NC(=O)[C@H](C)NC(=O)C(NC(=O)CCN2C(=O)CC(SC)C2=O)C(C)C)cc1. The molecule has 1 aliphatic heterocycles. The first kappa shape index (κ1) is 31.3. The minimum atomic E-state index is -0.867. The summed E-state index contributed by atoms with van der Waals surface area (Å²) in [6, 6.07) is 6.03. The molecule has 0 aliphatic carbocycles. The van der Waals surface area contributed by atoms with Crippen LogP contribution in [0.4, 0.5) is 5.69 Å². The standard InChI is InChI=1S/C28H42N4O5S/c1-6-7-8-9-10-20-11-13-21(14-12-20)30-26(35)19(4)29-27(36)25(18(2)3)31-23(33)15-16-32-24(34)17-22(38-5)28(32)37/h11-14,18-19,22,25H,6-10,15-17H2,1-5H3,(H,29,36)(H,30,35)(H,31,33)/t19-,22?,25?/m0/s1. The summed E-state index contributed by atoms with van der Waals surface area (Å²) >= 11 is 1.32. The van der Waals surface area contributed by atoms with Gasteiger partial charge in [0.1, 0.15) is 12.1 Å². The molecule has 2 unspecified atom stereocenters. The number of aryl methyl sites for hydroxylation is 1. The first-order valence-corrected chi connectivity index (χ1v) is 14.7. The maximum absolute atomic E-state index is 12.9. The van der Waals surface area contributed by atoms with Gasteiger partial charge in [-0.3, -0.25) is 28.9 Å². The zero-order chi connectivity index (χ0) is 28.2.